The minimum absolute atomic E-state index is 0.0111. The molecule has 1 aromatic carbocycles. The maximum Gasteiger partial charge on any atom is 0.246 e. The molecule has 1 aliphatic heterocycles. The largest absolute Gasteiger partial charge is 0.338 e. The van der Waals surface area contributed by atoms with E-state index in [1.54, 1.807) is 18.2 Å². The van der Waals surface area contributed by atoms with Crippen LogP contribution in [0.2, 0.25) is 0 Å². The highest BCUT2D eigenvalue weighted by Crippen LogP contribution is 2.06. The molecule has 96 valence electrons. The van der Waals surface area contributed by atoms with E-state index >= 15 is 0 Å². The molecule has 0 atom stereocenters. The summed E-state index contributed by atoms with van der Waals surface area (Å²) in [5.74, 6) is -0.300. The third kappa shape index (κ3) is 3.67. The van der Waals surface area contributed by atoms with Gasteiger partial charge in [0.25, 0.3) is 0 Å². The van der Waals surface area contributed by atoms with Crippen molar-refractivity contribution < 1.29 is 9.18 Å². The van der Waals surface area contributed by atoms with Gasteiger partial charge in [0.2, 0.25) is 5.91 Å². The maximum atomic E-state index is 13.0. The fourth-order valence-electron chi connectivity index (χ4n) is 1.95. The molecule has 1 N–H and O–H groups in total. The van der Waals surface area contributed by atoms with Crippen molar-refractivity contribution in [2.24, 2.45) is 0 Å². The summed E-state index contributed by atoms with van der Waals surface area (Å²) in [6, 6.07) is 6.21. The van der Waals surface area contributed by atoms with Crippen molar-refractivity contribution >= 4 is 12.0 Å². The summed E-state index contributed by atoms with van der Waals surface area (Å²) < 4.78 is 13.0. The third-order valence-electron chi connectivity index (χ3n) is 2.92. The van der Waals surface area contributed by atoms with Gasteiger partial charge in [0, 0.05) is 25.7 Å². The molecule has 1 aliphatic rings. The number of amides is 1. The average molecular weight is 248 g/mol. The van der Waals surface area contributed by atoms with Crippen LogP contribution in [0.25, 0.3) is 6.08 Å². The first-order valence-corrected chi connectivity index (χ1v) is 6.19. The van der Waals surface area contributed by atoms with E-state index in [1.807, 2.05) is 4.90 Å². The number of carbonyl (C=O) groups is 1. The fourth-order valence-corrected chi connectivity index (χ4v) is 1.95. The number of halogens is 1. The van der Waals surface area contributed by atoms with Gasteiger partial charge in [-0.1, -0.05) is 12.1 Å². The molecule has 1 aromatic rings. The van der Waals surface area contributed by atoms with Gasteiger partial charge < -0.3 is 10.2 Å². The van der Waals surface area contributed by atoms with Crippen LogP contribution in [0.4, 0.5) is 4.39 Å². The van der Waals surface area contributed by atoms with Crippen molar-refractivity contribution in [2.75, 3.05) is 26.2 Å². The van der Waals surface area contributed by atoms with Gasteiger partial charge in [-0.2, -0.15) is 0 Å². The third-order valence-corrected chi connectivity index (χ3v) is 2.92. The van der Waals surface area contributed by atoms with Gasteiger partial charge in [-0.15, -0.1) is 0 Å². The molecular formula is C14H17FN2O. The second-order valence-corrected chi connectivity index (χ2v) is 4.32. The van der Waals surface area contributed by atoms with Crippen LogP contribution < -0.4 is 5.32 Å². The van der Waals surface area contributed by atoms with Crippen molar-refractivity contribution in [3.8, 4) is 0 Å². The fraction of sp³-hybridized carbons (Fsp3) is 0.357. The Hall–Kier alpha value is -1.68. The molecule has 0 radical (unpaired) electrons. The van der Waals surface area contributed by atoms with Crippen molar-refractivity contribution in [3.63, 3.8) is 0 Å². The van der Waals surface area contributed by atoms with E-state index in [4.69, 9.17) is 0 Å². The molecule has 0 unspecified atom stereocenters. The van der Waals surface area contributed by atoms with Crippen LogP contribution in [0.15, 0.2) is 30.3 Å². The van der Waals surface area contributed by atoms with Gasteiger partial charge >= 0.3 is 0 Å². The van der Waals surface area contributed by atoms with E-state index in [-0.39, 0.29) is 11.7 Å². The van der Waals surface area contributed by atoms with Crippen molar-refractivity contribution in [2.45, 2.75) is 6.42 Å². The van der Waals surface area contributed by atoms with Crippen LogP contribution in [0.3, 0.4) is 0 Å². The average Bonchev–Trinajstić information content (AvgIpc) is 2.65. The van der Waals surface area contributed by atoms with Gasteiger partial charge in [0.1, 0.15) is 5.82 Å². The Morgan fingerprint density at radius 1 is 1.33 bits per heavy atom. The van der Waals surface area contributed by atoms with Crippen LogP contribution in [0.1, 0.15) is 12.0 Å². The van der Waals surface area contributed by atoms with Crippen LogP contribution in [-0.4, -0.2) is 37.0 Å². The molecule has 0 saturated carbocycles. The zero-order valence-corrected chi connectivity index (χ0v) is 10.2. The number of benzene rings is 1. The Balaban J connectivity index is 1.97. The minimum atomic E-state index is -0.288. The summed E-state index contributed by atoms with van der Waals surface area (Å²) >= 11 is 0. The summed E-state index contributed by atoms with van der Waals surface area (Å²) in [6.07, 6.45) is 4.14. The van der Waals surface area contributed by atoms with Gasteiger partial charge in [0.05, 0.1) is 0 Å². The molecule has 18 heavy (non-hydrogen) atoms. The quantitative estimate of drug-likeness (QED) is 0.807. The first-order valence-electron chi connectivity index (χ1n) is 6.19. The Morgan fingerprint density at radius 3 is 3.06 bits per heavy atom. The zero-order chi connectivity index (χ0) is 12.8. The van der Waals surface area contributed by atoms with E-state index < -0.39 is 0 Å². The lowest BCUT2D eigenvalue weighted by molar-refractivity contribution is -0.125. The molecular weight excluding hydrogens is 231 g/mol. The van der Waals surface area contributed by atoms with Crippen LogP contribution in [0, 0.1) is 5.82 Å². The summed E-state index contributed by atoms with van der Waals surface area (Å²) in [7, 11) is 0. The van der Waals surface area contributed by atoms with E-state index in [0.29, 0.717) is 5.56 Å². The van der Waals surface area contributed by atoms with Crippen molar-refractivity contribution in [1.82, 2.24) is 10.2 Å². The van der Waals surface area contributed by atoms with Crippen LogP contribution >= 0.6 is 0 Å². The Labute approximate surface area is 106 Å². The van der Waals surface area contributed by atoms with Crippen LogP contribution in [-0.2, 0) is 4.79 Å². The molecule has 1 fully saturated rings. The number of hydrogen-bond donors (Lipinski definition) is 1. The molecule has 0 aromatic heterocycles. The molecule has 3 nitrogen and oxygen atoms in total. The standard InChI is InChI=1S/C14H17FN2O/c15-13-4-1-3-12(11-13)5-6-14(18)17-9-2-7-16-8-10-17/h1,3-6,11,16H,2,7-10H2/b6-5+. The maximum absolute atomic E-state index is 13.0. The smallest absolute Gasteiger partial charge is 0.246 e. The van der Waals surface area contributed by atoms with E-state index in [9.17, 15) is 9.18 Å². The minimum Gasteiger partial charge on any atom is -0.338 e. The second-order valence-electron chi connectivity index (χ2n) is 4.32. The second kappa shape index (κ2) is 6.31. The zero-order valence-electron chi connectivity index (χ0n) is 10.2. The van der Waals surface area contributed by atoms with Crippen molar-refractivity contribution in [1.29, 1.82) is 0 Å². The normalized spacial score (nSPS) is 16.8. The summed E-state index contributed by atoms with van der Waals surface area (Å²) in [6.45, 7) is 3.29. The topological polar surface area (TPSA) is 32.3 Å². The number of nitrogens with zero attached hydrogens (tertiary/aromatic N) is 1. The number of carbonyl (C=O) groups excluding carboxylic acids is 1. The lowest BCUT2D eigenvalue weighted by Gasteiger charge is -2.17. The number of hydrogen-bond acceptors (Lipinski definition) is 2. The summed E-state index contributed by atoms with van der Waals surface area (Å²) in [5, 5.41) is 3.25. The molecule has 1 amide bonds. The highest BCUT2D eigenvalue weighted by molar-refractivity contribution is 5.91. The highest BCUT2D eigenvalue weighted by atomic mass is 19.1. The van der Waals surface area contributed by atoms with Crippen LogP contribution in [0.5, 0.6) is 0 Å². The summed E-state index contributed by atoms with van der Waals surface area (Å²) in [5.41, 5.74) is 0.705. The first kappa shape index (κ1) is 12.8. The lowest BCUT2D eigenvalue weighted by Crippen LogP contribution is -2.32. The van der Waals surface area contributed by atoms with E-state index in [2.05, 4.69) is 5.32 Å². The van der Waals surface area contributed by atoms with E-state index in [0.717, 1.165) is 32.6 Å². The molecule has 0 spiro atoms. The molecule has 0 bridgehead atoms. The number of nitrogens with one attached hydrogen (secondary N) is 1. The summed E-state index contributed by atoms with van der Waals surface area (Å²) in [4.78, 5) is 13.7. The van der Waals surface area contributed by atoms with Gasteiger partial charge in [-0.25, -0.2) is 4.39 Å². The van der Waals surface area contributed by atoms with Gasteiger partial charge in [-0.3, -0.25) is 4.79 Å². The van der Waals surface area contributed by atoms with E-state index in [1.165, 1.54) is 18.2 Å². The Bertz CT molecular complexity index is 437. The molecule has 2 rings (SSSR count). The number of rotatable bonds is 2. The first-order chi connectivity index (χ1) is 8.75. The van der Waals surface area contributed by atoms with Gasteiger partial charge in [-0.05, 0) is 36.7 Å². The predicted octanol–water partition coefficient (Wildman–Crippen LogP) is 1.66. The monoisotopic (exact) mass is 248 g/mol. The molecule has 1 saturated heterocycles. The molecule has 4 heteroatoms. The Morgan fingerprint density at radius 2 is 2.22 bits per heavy atom. The lowest BCUT2D eigenvalue weighted by atomic mass is 10.2. The molecule has 0 aliphatic carbocycles. The SMILES string of the molecule is O=C(/C=C/c1cccc(F)c1)N1CCCNCC1. The predicted molar refractivity (Wildman–Crippen MR) is 69.5 cm³/mol. The van der Waals surface area contributed by atoms with Crippen molar-refractivity contribution in [3.05, 3.63) is 41.7 Å². The highest BCUT2D eigenvalue weighted by Gasteiger charge is 2.12. The molecule has 1 heterocycles. The Kier molecular flexibility index (Phi) is 4.47. The van der Waals surface area contributed by atoms with Gasteiger partial charge in [0.15, 0.2) is 0 Å².